The van der Waals surface area contributed by atoms with Crippen molar-refractivity contribution in [3.63, 3.8) is 0 Å². The number of hydrogen-bond donors (Lipinski definition) is 2. The number of nitrogens with zero attached hydrogens (tertiary/aromatic N) is 2. The average Bonchev–Trinajstić information content (AvgIpc) is 2.79. The lowest BCUT2D eigenvalue weighted by Crippen LogP contribution is -2.02. The largest absolute Gasteiger partial charge is 0.493 e. The fourth-order valence-electron chi connectivity index (χ4n) is 1.42. The molecule has 0 aliphatic rings. The van der Waals surface area contributed by atoms with Gasteiger partial charge in [-0.1, -0.05) is 0 Å². The first-order chi connectivity index (χ1) is 7.79. The van der Waals surface area contributed by atoms with Gasteiger partial charge in [0, 0.05) is 11.9 Å². The molecule has 0 unspecified atom stereocenters. The van der Waals surface area contributed by atoms with Gasteiger partial charge in [0.25, 0.3) is 0 Å². The van der Waals surface area contributed by atoms with E-state index in [9.17, 15) is 0 Å². The Morgan fingerprint density at radius 1 is 1.50 bits per heavy atom. The summed E-state index contributed by atoms with van der Waals surface area (Å²) in [6.07, 6.45) is 3.44. The van der Waals surface area contributed by atoms with E-state index in [1.165, 1.54) is 0 Å². The van der Waals surface area contributed by atoms with Gasteiger partial charge < -0.3 is 10.1 Å². The van der Waals surface area contributed by atoms with E-state index in [0.717, 1.165) is 22.8 Å². The highest BCUT2D eigenvalue weighted by Gasteiger charge is 2.03. The third-order valence-corrected chi connectivity index (χ3v) is 2.25. The van der Waals surface area contributed by atoms with Crippen molar-refractivity contribution in [3.05, 3.63) is 35.9 Å². The number of hydrogen-bond acceptors (Lipinski definition) is 4. The number of nitrogens with one attached hydrogen (secondary N) is 2. The molecule has 0 aliphatic carbocycles. The van der Waals surface area contributed by atoms with Crippen LogP contribution in [-0.2, 0) is 6.54 Å². The van der Waals surface area contributed by atoms with Crippen LogP contribution in [-0.4, -0.2) is 22.3 Å². The molecule has 2 rings (SSSR count). The standard InChI is InChI=1S/C11H14N4O/c1-8-5-10(11(16-2)7-12-8)13-6-9-3-4-14-15-9/h3-5,7H,6H2,1-2H3,(H,12,13)(H,14,15). The molecule has 0 bridgehead atoms. The van der Waals surface area contributed by atoms with Crippen LogP contribution in [0, 0.1) is 6.92 Å². The minimum absolute atomic E-state index is 0.680. The first kappa shape index (κ1) is 10.5. The number of methoxy groups -OCH3 is 1. The lowest BCUT2D eigenvalue weighted by atomic mass is 10.3. The predicted molar refractivity (Wildman–Crippen MR) is 61.4 cm³/mol. The molecule has 0 radical (unpaired) electrons. The number of rotatable bonds is 4. The predicted octanol–water partition coefficient (Wildman–Crippen LogP) is 1.73. The molecule has 0 fully saturated rings. The molecule has 84 valence electrons. The van der Waals surface area contributed by atoms with Crippen molar-refractivity contribution in [1.82, 2.24) is 15.2 Å². The second-order valence-electron chi connectivity index (χ2n) is 3.46. The molecule has 0 amide bonds. The first-order valence-corrected chi connectivity index (χ1v) is 5.02. The fourth-order valence-corrected chi connectivity index (χ4v) is 1.42. The summed E-state index contributed by atoms with van der Waals surface area (Å²) in [5, 5.41) is 10.0. The van der Waals surface area contributed by atoms with Gasteiger partial charge in [-0.15, -0.1) is 0 Å². The Morgan fingerprint density at radius 3 is 3.06 bits per heavy atom. The van der Waals surface area contributed by atoms with Gasteiger partial charge in [-0.05, 0) is 19.1 Å². The second-order valence-corrected chi connectivity index (χ2v) is 3.46. The van der Waals surface area contributed by atoms with Crippen LogP contribution in [0.4, 0.5) is 5.69 Å². The smallest absolute Gasteiger partial charge is 0.160 e. The molecule has 0 atom stereocenters. The van der Waals surface area contributed by atoms with Gasteiger partial charge in [-0.25, -0.2) is 0 Å². The maximum atomic E-state index is 5.22. The van der Waals surface area contributed by atoms with Crippen LogP contribution in [0.1, 0.15) is 11.4 Å². The number of pyridine rings is 1. The van der Waals surface area contributed by atoms with Gasteiger partial charge in [0.05, 0.1) is 31.2 Å². The summed E-state index contributed by atoms with van der Waals surface area (Å²) in [6, 6.07) is 3.88. The minimum Gasteiger partial charge on any atom is -0.493 e. The molecule has 2 N–H and O–H groups in total. The molecule has 0 spiro atoms. The van der Waals surface area contributed by atoms with Crippen LogP contribution in [0.25, 0.3) is 0 Å². The SMILES string of the molecule is COc1cnc(C)cc1NCc1ccn[nH]1. The van der Waals surface area contributed by atoms with E-state index in [2.05, 4.69) is 20.5 Å². The van der Waals surface area contributed by atoms with Crippen LogP contribution in [0.15, 0.2) is 24.5 Å². The number of aromatic amines is 1. The maximum absolute atomic E-state index is 5.22. The summed E-state index contributed by atoms with van der Waals surface area (Å²) in [5.74, 6) is 0.741. The molecular formula is C11H14N4O. The van der Waals surface area contributed by atoms with Gasteiger partial charge in [0.15, 0.2) is 5.75 Å². The van der Waals surface area contributed by atoms with Crippen molar-refractivity contribution in [1.29, 1.82) is 0 Å². The molecule has 5 nitrogen and oxygen atoms in total. The molecule has 2 aromatic rings. The Bertz CT molecular complexity index is 453. The maximum Gasteiger partial charge on any atom is 0.160 e. The van der Waals surface area contributed by atoms with E-state index in [1.54, 1.807) is 19.5 Å². The topological polar surface area (TPSA) is 62.8 Å². The van der Waals surface area contributed by atoms with Crippen molar-refractivity contribution in [2.45, 2.75) is 13.5 Å². The van der Waals surface area contributed by atoms with Crippen molar-refractivity contribution in [2.24, 2.45) is 0 Å². The zero-order valence-electron chi connectivity index (χ0n) is 9.32. The van der Waals surface area contributed by atoms with E-state index < -0.39 is 0 Å². The number of H-pyrrole nitrogens is 1. The Hall–Kier alpha value is -2.04. The van der Waals surface area contributed by atoms with Crippen LogP contribution in [0.5, 0.6) is 5.75 Å². The zero-order valence-corrected chi connectivity index (χ0v) is 9.32. The average molecular weight is 218 g/mol. The van der Waals surface area contributed by atoms with Crippen LogP contribution >= 0.6 is 0 Å². The first-order valence-electron chi connectivity index (χ1n) is 5.02. The number of aromatic nitrogens is 3. The van der Waals surface area contributed by atoms with E-state index in [-0.39, 0.29) is 0 Å². The van der Waals surface area contributed by atoms with Crippen molar-refractivity contribution >= 4 is 5.69 Å². The third-order valence-electron chi connectivity index (χ3n) is 2.25. The third kappa shape index (κ3) is 2.31. The minimum atomic E-state index is 0.680. The molecule has 5 heteroatoms. The Morgan fingerprint density at radius 2 is 2.38 bits per heavy atom. The number of aryl methyl sites for hydroxylation is 1. The Balaban J connectivity index is 2.11. The van der Waals surface area contributed by atoms with Crippen LogP contribution < -0.4 is 10.1 Å². The Kier molecular flexibility index (Phi) is 3.05. The normalized spacial score (nSPS) is 10.1. The van der Waals surface area contributed by atoms with Gasteiger partial charge in [-0.3, -0.25) is 10.1 Å². The van der Waals surface area contributed by atoms with E-state index in [4.69, 9.17) is 4.74 Å². The molecule has 2 aromatic heterocycles. The monoisotopic (exact) mass is 218 g/mol. The van der Waals surface area contributed by atoms with E-state index >= 15 is 0 Å². The summed E-state index contributed by atoms with van der Waals surface area (Å²) in [4.78, 5) is 4.17. The van der Waals surface area contributed by atoms with E-state index in [0.29, 0.717) is 6.54 Å². The fraction of sp³-hybridized carbons (Fsp3) is 0.273. The van der Waals surface area contributed by atoms with Crippen LogP contribution in [0.2, 0.25) is 0 Å². The molecule has 2 heterocycles. The quantitative estimate of drug-likeness (QED) is 0.820. The molecule has 16 heavy (non-hydrogen) atoms. The second kappa shape index (κ2) is 4.65. The highest BCUT2D eigenvalue weighted by molar-refractivity contribution is 5.55. The number of anilines is 1. The highest BCUT2D eigenvalue weighted by atomic mass is 16.5. The summed E-state index contributed by atoms with van der Waals surface area (Å²) in [6.45, 7) is 2.63. The molecule has 0 aromatic carbocycles. The van der Waals surface area contributed by atoms with Crippen molar-refractivity contribution in [2.75, 3.05) is 12.4 Å². The lowest BCUT2D eigenvalue weighted by molar-refractivity contribution is 0.414. The summed E-state index contributed by atoms with van der Waals surface area (Å²) < 4.78 is 5.22. The molecular weight excluding hydrogens is 204 g/mol. The summed E-state index contributed by atoms with van der Waals surface area (Å²) >= 11 is 0. The molecule has 0 saturated heterocycles. The highest BCUT2D eigenvalue weighted by Crippen LogP contribution is 2.23. The van der Waals surface area contributed by atoms with Crippen molar-refractivity contribution < 1.29 is 4.74 Å². The lowest BCUT2D eigenvalue weighted by Gasteiger charge is -2.10. The van der Waals surface area contributed by atoms with Crippen molar-refractivity contribution in [3.8, 4) is 5.75 Å². The van der Waals surface area contributed by atoms with Gasteiger partial charge in [-0.2, -0.15) is 5.10 Å². The number of ether oxygens (including phenoxy) is 1. The zero-order chi connectivity index (χ0) is 11.4. The van der Waals surface area contributed by atoms with Gasteiger partial charge in [0.2, 0.25) is 0 Å². The Labute approximate surface area is 93.9 Å². The summed E-state index contributed by atoms with van der Waals surface area (Å²) in [7, 11) is 1.63. The van der Waals surface area contributed by atoms with Gasteiger partial charge in [0.1, 0.15) is 0 Å². The van der Waals surface area contributed by atoms with Gasteiger partial charge >= 0.3 is 0 Å². The van der Waals surface area contributed by atoms with Crippen LogP contribution in [0.3, 0.4) is 0 Å². The summed E-state index contributed by atoms with van der Waals surface area (Å²) in [5.41, 5.74) is 2.91. The van der Waals surface area contributed by atoms with E-state index in [1.807, 2.05) is 19.1 Å². The molecule has 0 aliphatic heterocycles. The molecule has 0 saturated carbocycles.